The van der Waals surface area contributed by atoms with Crippen molar-refractivity contribution in [3.05, 3.63) is 113 Å². The monoisotopic (exact) mass is 906 g/mol. The van der Waals surface area contributed by atoms with Crippen LogP contribution in [0.2, 0.25) is 0 Å². The first kappa shape index (κ1) is 44.2. The van der Waals surface area contributed by atoms with Crippen LogP contribution in [0.15, 0.2) is 73.1 Å². The fourth-order valence-electron chi connectivity index (χ4n) is 9.71. The van der Waals surface area contributed by atoms with Crippen molar-refractivity contribution in [2.24, 2.45) is 5.92 Å². The van der Waals surface area contributed by atoms with E-state index in [1.807, 2.05) is 18.2 Å². The zero-order valence-corrected chi connectivity index (χ0v) is 37.4. The second-order valence-corrected chi connectivity index (χ2v) is 19.8. The predicted octanol–water partition coefficient (Wildman–Crippen LogP) is 6.59. The molecule has 4 aliphatic heterocycles. The van der Waals surface area contributed by atoms with E-state index in [1.54, 1.807) is 31.0 Å². The number of piperidine rings is 3. The number of H-pyrrole nitrogens is 1. The van der Waals surface area contributed by atoms with E-state index in [1.165, 1.54) is 18.8 Å². The van der Waals surface area contributed by atoms with Crippen LogP contribution in [0.25, 0.3) is 22.2 Å². The molecule has 0 saturated carbocycles. The Labute approximate surface area is 376 Å². The molecule has 0 unspecified atom stereocenters. The zero-order valence-electron chi connectivity index (χ0n) is 36.6. The SMILES string of the molecule is CC(C)N(C)S(=O)(=O)Nc1ccc(F)c(C(=O)c2c[nH]c3ncc(-c4ccc(N5CCC(CN6CCC(c7ccc8c(c7)CN([C@H]7CCC(=O)NC7=O)C8=O)CC6)CC5)cc4)cc23)c1F. The summed E-state index contributed by atoms with van der Waals surface area (Å²) in [4.78, 5) is 65.0. The Morgan fingerprint density at radius 3 is 2.37 bits per heavy atom. The number of anilines is 2. The van der Waals surface area contributed by atoms with Crippen molar-refractivity contribution < 1.29 is 36.4 Å². The summed E-state index contributed by atoms with van der Waals surface area (Å²) in [5.74, 6) is -3.20. The number of imide groups is 1. The van der Waals surface area contributed by atoms with Crippen LogP contribution in [0.1, 0.15) is 95.7 Å². The topological polar surface area (TPSA) is 168 Å². The van der Waals surface area contributed by atoms with Crippen LogP contribution in [0, 0.1) is 17.6 Å². The van der Waals surface area contributed by atoms with Crippen molar-refractivity contribution >= 4 is 56.1 Å². The smallest absolute Gasteiger partial charge is 0.301 e. The van der Waals surface area contributed by atoms with Gasteiger partial charge in [-0.25, -0.2) is 13.8 Å². The summed E-state index contributed by atoms with van der Waals surface area (Å²) in [6, 6.07) is 16.8. The number of amides is 3. The number of aromatic nitrogens is 2. The van der Waals surface area contributed by atoms with Gasteiger partial charge in [0.15, 0.2) is 5.82 Å². The number of aromatic amines is 1. The van der Waals surface area contributed by atoms with E-state index in [0.29, 0.717) is 47.0 Å². The van der Waals surface area contributed by atoms with Gasteiger partial charge in [-0.05, 0) is 124 Å². The van der Waals surface area contributed by atoms with Gasteiger partial charge in [0.25, 0.3) is 5.91 Å². The Balaban J connectivity index is 0.784. The molecule has 14 nitrogen and oxygen atoms in total. The highest BCUT2D eigenvalue weighted by Gasteiger charge is 2.39. The van der Waals surface area contributed by atoms with E-state index >= 15 is 8.78 Å². The summed E-state index contributed by atoms with van der Waals surface area (Å²) in [5.41, 5.74) is 4.45. The molecule has 0 spiro atoms. The van der Waals surface area contributed by atoms with Crippen molar-refractivity contribution in [2.75, 3.05) is 49.4 Å². The highest BCUT2D eigenvalue weighted by Crippen LogP contribution is 2.36. The number of nitrogens with one attached hydrogen (secondary N) is 3. The van der Waals surface area contributed by atoms with Crippen LogP contribution in [0.5, 0.6) is 0 Å². The number of nitrogens with zero attached hydrogens (tertiary/aromatic N) is 5. The van der Waals surface area contributed by atoms with Crippen molar-refractivity contribution in [3.63, 3.8) is 0 Å². The normalized spacial score (nSPS) is 19.1. The molecule has 0 radical (unpaired) electrons. The standard InChI is InChI=1S/C48H52F2N8O6S/c1-28(2)55(3)65(63,64)54-40-11-10-39(49)43(44(40)50)45(60)38-25-52-46-37(38)23-33(24-51-46)30-4-7-35(8-5-30)57-20-14-29(15-21-57)26-56-18-16-31(17-19-56)32-6-9-36-34(22-32)27-58(48(36)62)41-12-13-42(59)53-47(41)61/h4-11,22-25,28-29,31,41,54H,12-21,26-27H2,1-3H3,(H,51,52)(H,53,59,61)/t41-/m0/s1. The lowest BCUT2D eigenvalue weighted by molar-refractivity contribution is -0.136. The predicted molar refractivity (Wildman–Crippen MR) is 243 cm³/mol. The highest BCUT2D eigenvalue weighted by molar-refractivity contribution is 7.90. The van der Waals surface area contributed by atoms with Gasteiger partial charge in [0, 0.05) is 85.8 Å². The Morgan fingerprint density at radius 2 is 1.66 bits per heavy atom. The number of carbonyl (C=O) groups excluding carboxylic acids is 4. The molecule has 9 rings (SSSR count). The number of benzene rings is 3. The van der Waals surface area contributed by atoms with E-state index in [0.717, 1.165) is 91.7 Å². The number of hydrogen-bond acceptors (Lipinski definition) is 9. The third-order valence-electron chi connectivity index (χ3n) is 13.7. The van der Waals surface area contributed by atoms with Crippen LogP contribution < -0.4 is 14.9 Å². The fraction of sp³-hybridized carbons (Fsp3) is 0.396. The number of fused-ring (bicyclic) bond motifs is 2. The van der Waals surface area contributed by atoms with Gasteiger partial charge in [-0.3, -0.25) is 29.2 Å². The lowest BCUT2D eigenvalue weighted by atomic mass is 9.87. The zero-order chi connectivity index (χ0) is 45.7. The summed E-state index contributed by atoms with van der Waals surface area (Å²) in [6.07, 6.45) is 7.88. The molecule has 5 aromatic rings. The number of carbonyl (C=O) groups is 4. The van der Waals surface area contributed by atoms with E-state index in [2.05, 4.69) is 54.1 Å². The minimum atomic E-state index is -4.18. The first-order chi connectivity index (χ1) is 31.1. The molecular weight excluding hydrogens is 855 g/mol. The van der Waals surface area contributed by atoms with Gasteiger partial charge < -0.3 is 19.7 Å². The summed E-state index contributed by atoms with van der Waals surface area (Å²) >= 11 is 0. The van der Waals surface area contributed by atoms with Gasteiger partial charge in [-0.15, -0.1) is 0 Å². The van der Waals surface area contributed by atoms with Gasteiger partial charge in [0.2, 0.25) is 17.6 Å². The van der Waals surface area contributed by atoms with E-state index in [9.17, 15) is 27.6 Å². The number of rotatable bonds is 12. The third kappa shape index (κ3) is 8.76. The Kier molecular flexibility index (Phi) is 12.1. The number of halogens is 2. The van der Waals surface area contributed by atoms with Crippen LogP contribution >= 0.6 is 0 Å². The molecule has 340 valence electrons. The van der Waals surface area contributed by atoms with E-state index in [4.69, 9.17) is 0 Å². The molecule has 6 heterocycles. The van der Waals surface area contributed by atoms with Gasteiger partial charge in [-0.2, -0.15) is 12.7 Å². The van der Waals surface area contributed by atoms with Crippen LogP contribution in [0.4, 0.5) is 20.2 Å². The summed E-state index contributed by atoms with van der Waals surface area (Å²) < 4.78 is 59.5. The minimum Gasteiger partial charge on any atom is -0.372 e. The molecule has 65 heavy (non-hydrogen) atoms. The molecule has 4 aliphatic rings. The van der Waals surface area contributed by atoms with Crippen LogP contribution in [0.3, 0.4) is 0 Å². The fourth-order valence-corrected chi connectivity index (χ4v) is 10.8. The first-order valence-electron chi connectivity index (χ1n) is 22.3. The molecule has 17 heteroatoms. The summed E-state index contributed by atoms with van der Waals surface area (Å²) in [5, 5.41) is 2.74. The maximum Gasteiger partial charge on any atom is 0.301 e. The molecule has 3 aromatic carbocycles. The Bertz CT molecular complexity index is 2800. The second-order valence-electron chi connectivity index (χ2n) is 18.0. The maximum absolute atomic E-state index is 15.7. The van der Waals surface area contributed by atoms with Gasteiger partial charge in [0.05, 0.1) is 11.3 Å². The lowest BCUT2D eigenvalue weighted by Gasteiger charge is -2.38. The van der Waals surface area contributed by atoms with Crippen molar-refractivity contribution in [2.45, 2.75) is 76.9 Å². The molecule has 3 fully saturated rings. The summed E-state index contributed by atoms with van der Waals surface area (Å²) in [6.45, 7) is 8.67. The van der Waals surface area contributed by atoms with Gasteiger partial charge in [0.1, 0.15) is 17.5 Å². The molecule has 3 saturated heterocycles. The minimum absolute atomic E-state index is 0.00488. The number of likely N-dealkylation sites (tertiary alicyclic amines) is 1. The first-order valence-corrected chi connectivity index (χ1v) is 23.7. The summed E-state index contributed by atoms with van der Waals surface area (Å²) in [7, 11) is -2.85. The second kappa shape index (κ2) is 17.7. The molecule has 0 aliphatic carbocycles. The van der Waals surface area contributed by atoms with Crippen LogP contribution in [-0.2, 0) is 26.3 Å². The Hall–Kier alpha value is -6.04. The molecule has 0 bridgehead atoms. The molecule has 3 amide bonds. The highest BCUT2D eigenvalue weighted by atomic mass is 32.2. The number of ketones is 1. The van der Waals surface area contributed by atoms with Gasteiger partial charge in [-0.1, -0.05) is 24.3 Å². The van der Waals surface area contributed by atoms with E-state index in [-0.39, 0.29) is 23.8 Å². The molecule has 1 atom stereocenters. The number of pyridine rings is 1. The quantitative estimate of drug-likeness (QED) is 0.0924. The van der Waals surface area contributed by atoms with Crippen molar-refractivity contribution in [1.29, 1.82) is 0 Å². The maximum atomic E-state index is 15.7. The average Bonchev–Trinajstić information content (AvgIpc) is 3.87. The van der Waals surface area contributed by atoms with Gasteiger partial charge >= 0.3 is 10.2 Å². The third-order valence-corrected chi connectivity index (χ3v) is 15.4. The number of hydrogen-bond donors (Lipinski definition) is 3. The lowest BCUT2D eigenvalue weighted by Crippen LogP contribution is -2.52. The molecule has 3 N–H and O–H groups in total. The van der Waals surface area contributed by atoms with Crippen molar-refractivity contribution in [1.82, 2.24) is 29.4 Å². The molecular formula is C48H52F2N8O6S. The molecule has 2 aromatic heterocycles. The van der Waals surface area contributed by atoms with Crippen molar-refractivity contribution in [3.8, 4) is 11.1 Å². The van der Waals surface area contributed by atoms with E-state index < -0.39 is 56.9 Å². The Morgan fingerprint density at radius 1 is 0.923 bits per heavy atom. The largest absolute Gasteiger partial charge is 0.372 e. The van der Waals surface area contributed by atoms with Crippen LogP contribution in [-0.4, -0.2) is 108 Å². The average molecular weight is 907 g/mol.